The molecule has 0 spiro atoms. The average molecular weight is 271 g/mol. The zero-order chi connectivity index (χ0) is 14.0. The van der Waals surface area contributed by atoms with Crippen molar-refractivity contribution >= 4 is 5.82 Å². The summed E-state index contributed by atoms with van der Waals surface area (Å²) < 4.78 is 44.1. The quantitative estimate of drug-likeness (QED) is 0.933. The molecule has 102 valence electrons. The van der Waals surface area contributed by atoms with Crippen LogP contribution >= 0.6 is 0 Å². The molecular formula is C12H12F3N3O. The van der Waals surface area contributed by atoms with E-state index < -0.39 is 11.7 Å². The number of alkyl halides is 3. The molecule has 0 unspecified atom stereocenters. The molecule has 2 aromatic rings. The van der Waals surface area contributed by atoms with E-state index in [0.717, 1.165) is 12.1 Å². The molecule has 0 aliphatic heterocycles. The van der Waals surface area contributed by atoms with Gasteiger partial charge >= 0.3 is 6.18 Å². The van der Waals surface area contributed by atoms with E-state index in [0.29, 0.717) is 17.4 Å². The van der Waals surface area contributed by atoms with E-state index in [1.54, 1.807) is 17.8 Å². The van der Waals surface area contributed by atoms with Crippen LogP contribution in [0.3, 0.4) is 0 Å². The third kappa shape index (κ3) is 3.18. The van der Waals surface area contributed by atoms with E-state index in [1.165, 1.54) is 12.1 Å². The number of nitrogen functional groups attached to an aromatic ring is 1. The molecule has 0 fully saturated rings. The van der Waals surface area contributed by atoms with Gasteiger partial charge in [0, 0.05) is 13.2 Å². The largest absolute Gasteiger partial charge is 0.486 e. The highest BCUT2D eigenvalue weighted by atomic mass is 19.4. The number of nitrogens with two attached hydrogens (primary N) is 1. The first-order valence-corrected chi connectivity index (χ1v) is 5.44. The molecule has 2 rings (SSSR count). The number of ether oxygens (including phenoxy) is 1. The molecule has 0 saturated carbocycles. The molecule has 4 nitrogen and oxygen atoms in total. The van der Waals surface area contributed by atoms with Crippen molar-refractivity contribution in [3.8, 4) is 5.75 Å². The van der Waals surface area contributed by atoms with E-state index in [9.17, 15) is 13.2 Å². The van der Waals surface area contributed by atoms with Gasteiger partial charge in [-0.3, -0.25) is 0 Å². The molecule has 2 N–H and O–H groups in total. The minimum Gasteiger partial charge on any atom is -0.486 e. The van der Waals surface area contributed by atoms with Crippen molar-refractivity contribution in [2.24, 2.45) is 7.05 Å². The molecule has 1 aromatic carbocycles. The van der Waals surface area contributed by atoms with Gasteiger partial charge in [-0.15, -0.1) is 0 Å². The second kappa shape index (κ2) is 4.83. The van der Waals surface area contributed by atoms with Crippen LogP contribution in [0.15, 0.2) is 30.5 Å². The van der Waals surface area contributed by atoms with E-state index in [-0.39, 0.29) is 6.61 Å². The Morgan fingerprint density at radius 1 is 1.26 bits per heavy atom. The van der Waals surface area contributed by atoms with Crippen molar-refractivity contribution in [1.82, 2.24) is 9.55 Å². The number of rotatable bonds is 3. The Labute approximate surface area is 107 Å². The van der Waals surface area contributed by atoms with Crippen LogP contribution in [0.1, 0.15) is 11.4 Å². The normalized spacial score (nSPS) is 11.6. The minimum absolute atomic E-state index is 0.138. The summed E-state index contributed by atoms with van der Waals surface area (Å²) in [6.45, 7) is 0.138. The lowest BCUT2D eigenvalue weighted by atomic mass is 10.2. The number of benzene rings is 1. The molecule has 7 heteroatoms. The summed E-state index contributed by atoms with van der Waals surface area (Å²) in [7, 11) is 1.76. The third-order valence-corrected chi connectivity index (χ3v) is 2.54. The van der Waals surface area contributed by atoms with Gasteiger partial charge in [0.2, 0.25) is 0 Å². The maximum Gasteiger partial charge on any atom is 0.416 e. The van der Waals surface area contributed by atoms with Crippen LogP contribution < -0.4 is 10.5 Å². The van der Waals surface area contributed by atoms with Crippen LogP contribution in [0.25, 0.3) is 0 Å². The van der Waals surface area contributed by atoms with Crippen LogP contribution in [0, 0.1) is 0 Å². The summed E-state index contributed by atoms with van der Waals surface area (Å²) in [5, 5.41) is 0. The van der Waals surface area contributed by atoms with E-state index in [4.69, 9.17) is 10.5 Å². The summed E-state index contributed by atoms with van der Waals surface area (Å²) >= 11 is 0. The molecule has 0 aliphatic carbocycles. The zero-order valence-electron chi connectivity index (χ0n) is 10.1. The second-order valence-corrected chi connectivity index (χ2v) is 4.00. The maximum atomic E-state index is 12.4. The standard InChI is InChI=1S/C12H12F3N3O/c1-18-6-10(16)17-11(18)7-19-9-4-2-8(3-5-9)12(13,14)15/h2-6H,7,16H2,1H3. The molecule has 0 atom stereocenters. The number of aryl methyl sites for hydroxylation is 1. The highest BCUT2D eigenvalue weighted by molar-refractivity contribution is 5.29. The van der Waals surface area contributed by atoms with Crippen molar-refractivity contribution in [2.45, 2.75) is 12.8 Å². The van der Waals surface area contributed by atoms with Gasteiger partial charge in [-0.1, -0.05) is 0 Å². The smallest absolute Gasteiger partial charge is 0.416 e. The first-order chi connectivity index (χ1) is 8.86. The fraction of sp³-hybridized carbons (Fsp3) is 0.250. The van der Waals surface area contributed by atoms with Gasteiger partial charge in [-0.05, 0) is 24.3 Å². The van der Waals surface area contributed by atoms with Crippen LogP contribution in [-0.2, 0) is 19.8 Å². The third-order valence-electron chi connectivity index (χ3n) is 2.54. The lowest BCUT2D eigenvalue weighted by Crippen LogP contribution is -2.05. The van der Waals surface area contributed by atoms with Gasteiger partial charge in [-0.2, -0.15) is 13.2 Å². The second-order valence-electron chi connectivity index (χ2n) is 4.00. The van der Waals surface area contributed by atoms with Crippen molar-refractivity contribution in [3.63, 3.8) is 0 Å². The van der Waals surface area contributed by atoms with Gasteiger partial charge in [0.15, 0.2) is 0 Å². The number of imidazole rings is 1. The number of aromatic nitrogens is 2. The fourth-order valence-electron chi connectivity index (χ4n) is 1.55. The Morgan fingerprint density at radius 3 is 2.37 bits per heavy atom. The highest BCUT2D eigenvalue weighted by Crippen LogP contribution is 2.30. The first kappa shape index (κ1) is 13.3. The number of halogens is 3. The molecular weight excluding hydrogens is 259 g/mol. The predicted octanol–water partition coefficient (Wildman–Crippen LogP) is 2.60. The van der Waals surface area contributed by atoms with Gasteiger partial charge in [0.1, 0.15) is 24.0 Å². The fourth-order valence-corrected chi connectivity index (χ4v) is 1.55. The molecule has 0 bridgehead atoms. The molecule has 19 heavy (non-hydrogen) atoms. The SMILES string of the molecule is Cn1cc(N)nc1COc1ccc(C(F)(F)F)cc1. The van der Waals surface area contributed by atoms with Gasteiger partial charge < -0.3 is 15.0 Å². The van der Waals surface area contributed by atoms with Crippen molar-refractivity contribution in [1.29, 1.82) is 0 Å². The van der Waals surface area contributed by atoms with Crippen LogP contribution in [0.4, 0.5) is 19.0 Å². The van der Waals surface area contributed by atoms with Crippen LogP contribution in [0.2, 0.25) is 0 Å². The van der Waals surface area contributed by atoms with Gasteiger partial charge in [0.05, 0.1) is 5.56 Å². The summed E-state index contributed by atoms with van der Waals surface area (Å²) in [5.41, 5.74) is 4.80. The monoisotopic (exact) mass is 271 g/mol. The molecule has 0 amide bonds. The lowest BCUT2D eigenvalue weighted by Gasteiger charge is -2.09. The molecule has 0 aliphatic rings. The molecule has 1 aromatic heterocycles. The first-order valence-electron chi connectivity index (χ1n) is 5.44. The Balaban J connectivity index is 2.02. The minimum atomic E-state index is -4.34. The van der Waals surface area contributed by atoms with Crippen molar-refractivity contribution in [2.75, 3.05) is 5.73 Å². The summed E-state index contributed by atoms with van der Waals surface area (Å²) in [5.74, 6) is 1.31. The van der Waals surface area contributed by atoms with Crippen LogP contribution in [-0.4, -0.2) is 9.55 Å². The Hall–Kier alpha value is -2.18. The highest BCUT2D eigenvalue weighted by Gasteiger charge is 2.29. The van der Waals surface area contributed by atoms with Gasteiger partial charge in [-0.25, -0.2) is 4.98 Å². The Kier molecular flexibility index (Phi) is 3.37. The Morgan fingerprint density at radius 2 is 1.89 bits per heavy atom. The Bertz CT molecular complexity index is 561. The van der Waals surface area contributed by atoms with Crippen LogP contribution in [0.5, 0.6) is 5.75 Å². The predicted molar refractivity (Wildman–Crippen MR) is 63.4 cm³/mol. The number of nitrogens with zero attached hydrogens (tertiary/aromatic N) is 2. The molecule has 0 radical (unpaired) electrons. The number of hydrogen-bond acceptors (Lipinski definition) is 3. The van der Waals surface area contributed by atoms with Crippen molar-refractivity contribution < 1.29 is 17.9 Å². The lowest BCUT2D eigenvalue weighted by molar-refractivity contribution is -0.137. The topological polar surface area (TPSA) is 53.1 Å². The zero-order valence-corrected chi connectivity index (χ0v) is 10.1. The van der Waals surface area contributed by atoms with Crippen molar-refractivity contribution in [3.05, 3.63) is 41.9 Å². The van der Waals surface area contributed by atoms with E-state index in [1.807, 2.05) is 0 Å². The summed E-state index contributed by atoms with van der Waals surface area (Å²) in [6, 6.07) is 4.49. The molecule has 0 saturated heterocycles. The number of anilines is 1. The summed E-state index contributed by atoms with van der Waals surface area (Å²) in [4.78, 5) is 4.02. The summed E-state index contributed by atoms with van der Waals surface area (Å²) in [6.07, 6.45) is -2.71. The molecule has 1 heterocycles. The van der Waals surface area contributed by atoms with E-state index in [2.05, 4.69) is 4.98 Å². The van der Waals surface area contributed by atoms with Gasteiger partial charge in [0.25, 0.3) is 0 Å². The average Bonchev–Trinajstić information content (AvgIpc) is 2.65. The van der Waals surface area contributed by atoms with E-state index >= 15 is 0 Å². The number of hydrogen-bond donors (Lipinski definition) is 1. The maximum absolute atomic E-state index is 12.4.